The van der Waals surface area contributed by atoms with Gasteiger partial charge in [-0.1, -0.05) is 12.1 Å². The number of aromatic amines is 1. The maximum Gasteiger partial charge on any atom is 0.329 e. The SMILES string of the molecule is Cc1c(C)n2c3c(=O)[nH]c(=O)n(C)c3nc2n1-c1ccccc1O. The molecule has 8 nitrogen and oxygen atoms in total. The Morgan fingerprint density at radius 3 is 2.54 bits per heavy atom. The van der Waals surface area contributed by atoms with E-state index in [1.807, 2.05) is 19.9 Å². The monoisotopic (exact) mass is 325 g/mol. The number of rotatable bonds is 1. The van der Waals surface area contributed by atoms with Gasteiger partial charge in [-0.25, -0.2) is 4.79 Å². The third-order valence-corrected chi connectivity index (χ3v) is 4.42. The van der Waals surface area contributed by atoms with Crippen molar-refractivity contribution in [2.75, 3.05) is 0 Å². The number of aromatic hydroxyl groups is 1. The Bertz CT molecular complexity index is 1240. The molecule has 24 heavy (non-hydrogen) atoms. The van der Waals surface area contributed by atoms with Crippen LogP contribution in [0.5, 0.6) is 5.75 Å². The van der Waals surface area contributed by atoms with Gasteiger partial charge in [0.05, 0.1) is 5.69 Å². The fourth-order valence-corrected chi connectivity index (χ4v) is 3.05. The fourth-order valence-electron chi connectivity index (χ4n) is 3.05. The molecule has 0 fully saturated rings. The van der Waals surface area contributed by atoms with Gasteiger partial charge in [-0.2, -0.15) is 4.98 Å². The highest BCUT2D eigenvalue weighted by Gasteiger charge is 2.22. The second-order valence-corrected chi connectivity index (χ2v) is 5.73. The van der Waals surface area contributed by atoms with Crippen LogP contribution in [0, 0.1) is 13.8 Å². The second kappa shape index (κ2) is 4.60. The summed E-state index contributed by atoms with van der Waals surface area (Å²) in [5, 5.41) is 10.2. The molecule has 0 atom stereocenters. The van der Waals surface area contributed by atoms with Crippen LogP contribution in [0.2, 0.25) is 0 Å². The Kier molecular flexibility index (Phi) is 2.75. The van der Waals surface area contributed by atoms with Gasteiger partial charge < -0.3 is 5.11 Å². The lowest BCUT2D eigenvalue weighted by Gasteiger charge is -2.08. The average molecular weight is 325 g/mol. The van der Waals surface area contributed by atoms with Crippen molar-refractivity contribution in [3.63, 3.8) is 0 Å². The van der Waals surface area contributed by atoms with Crippen LogP contribution in [0.25, 0.3) is 22.6 Å². The maximum absolute atomic E-state index is 12.3. The number of fused-ring (bicyclic) bond motifs is 3. The first kappa shape index (κ1) is 14.3. The Morgan fingerprint density at radius 1 is 1.12 bits per heavy atom. The minimum Gasteiger partial charge on any atom is -0.506 e. The van der Waals surface area contributed by atoms with Gasteiger partial charge in [0.15, 0.2) is 11.2 Å². The molecule has 0 aliphatic heterocycles. The lowest BCUT2D eigenvalue weighted by Crippen LogP contribution is -2.28. The maximum atomic E-state index is 12.3. The van der Waals surface area contributed by atoms with Gasteiger partial charge in [0.25, 0.3) is 5.56 Å². The number of phenolic OH excluding ortho intramolecular Hbond substituents is 1. The molecule has 0 bridgehead atoms. The van der Waals surface area contributed by atoms with Crippen LogP contribution in [-0.4, -0.2) is 28.6 Å². The van der Waals surface area contributed by atoms with E-state index in [2.05, 4.69) is 9.97 Å². The molecule has 0 radical (unpaired) electrons. The van der Waals surface area contributed by atoms with Crippen LogP contribution >= 0.6 is 0 Å². The van der Waals surface area contributed by atoms with Gasteiger partial charge in [-0.15, -0.1) is 0 Å². The summed E-state index contributed by atoms with van der Waals surface area (Å²) in [6.45, 7) is 3.75. The molecule has 4 aromatic rings. The third-order valence-electron chi connectivity index (χ3n) is 4.42. The number of aryl methyl sites for hydroxylation is 2. The van der Waals surface area contributed by atoms with Crippen LogP contribution in [-0.2, 0) is 7.05 Å². The van der Waals surface area contributed by atoms with Gasteiger partial charge in [-0.05, 0) is 26.0 Å². The minimum atomic E-state index is -0.517. The van der Waals surface area contributed by atoms with Crippen molar-refractivity contribution < 1.29 is 5.11 Å². The molecule has 122 valence electrons. The molecule has 3 heterocycles. The zero-order valence-corrected chi connectivity index (χ0v) is 13.4. The summed E-state index contributed by atoms with van der Waals surface area (Å²) in [5.41, 5.74) is 1.81. The van der Waals surface area contributed by atoms with Crippen molar-refractivity contribution in [1.82, 2.24) is 23.5 Å². The highest BCUT2D eigenvalue weighted by atomic mass is 16.3. The van der Waals surface area contributed by atoms with Crippen LogP contribution < -0.4 is 11.2 Å². The number of imidazole rings is 2. The van der Waals surface area contributed by atoms with E-state index in [9.17, 15) is 14.7 Å². The zero-order chi connectivity index (χ0) is 17.2. The van der Waals surface area contributed by atoms with E-state index >= 15 is 0 Å². The molecular formula is C16H15N5O3. The molecule has 0 saturated heterocycles. The second-order valence-electron chi connectivity index (χ2n) is 5.73. The summed E-state index contributed by atoms with van der Waals surface area (Å²) in [7, 11) is 1.56. The summed E-state index contributed by atoms with van der Waals surface area (Å²) in [6, 6.07) is 6.90. The summed E-state index contributed by atoms with van der Waals surface area (Å²) < 4.78 is 4.78. The third kappa shape index (κ3) is 1.65. The van der Waals surface area contributed by atoms with E-state index in [1.54, 1.807) is 34.2 Å². The fraction of sp³-hybridized carbons (Fsp3) is 0.188. The molecule has 0 unspecified atom stereocenters. The van der Waals surface area contributed by atoms with E-state index in [-0.39, 0.29) is 5.75 Å². The molecule has 1 aromatic carbocycles. The number of phenols is 1. The Hall–Kier alpha value is -3.29. The van der Waals surface area contributed by atoms with Gasteiger partial charge >= 0.3 is 5.69 Å². The van der Waals surface area contributed by atoms with E-state index < -0.39 is 11.2 Å². The summed E-state index contributed by atoms with van der Waals surface area (Å²) in [5.74, 6) is 0.571. The van der Waals surface area contributed by atoms with Gasteiger partial charge in [-0.3, -0.25) is 23.3 Å². The zero-order valence-electron chi connectivity index (χ0n) is 13.4. The molecule has 0 spiro atoms. The van der Waals surface area contributed by atoms with Crippen molar-refractivity contribution in [1.29, 1.82) is 0 Å². The lowest BCUT2D eigenvalue weighted by molar-refractivity contribution is 0.472. The largest absolute Gasteiger partial charge is 0.506 e. The van der Waals surface area contributed by atoms with E-state index in [0.29, 0.717) is 22.6 Å². The van der Waals surface area contributed by atoms with Crippen molar-refractivity contribution >= 4 is 16.9 Å². The highest BCUT2D eigenvalue weighted by molar-refractivity contribution is 5.77. The van der Waals surface area contributed by atoms with Crippen molar-refractivity contribution in [2.45, 2.75) is 13.8 Å². The number of aromatic nitrogens is 5. The van der Waals surface area contributed by atoms with Crippen LogP contribution in [0.1, 0.15) is 11.4 Å². The van der Waals surface area contributed by atoms with Gasteiger partial charge in [0.1, 0.15) is 5.75 Å². The number of para-hydroxylation sites is 2. The Morgan fingerprint density at radius 2 is 1.83 bits per heavy atom. The van der Waals surface area contributed by atoms with Crippen LogP contribution in [0.15, 0.2) is 33.9 Å². The summed E-state index contributed by atoms with van der Waals surface area (Å²) >= 11 is 0. The Balaban J connectivity index is 2.28. The number of nitrogens with zero attached hydrogens (tertiary/aromatic N) is 4. The predicted molar refractivity (Wildman–Crippen MR) is 89.0 cm³/mol. The number of benzene rings is 1. The molecule has 0 aliphatic rings. The number of hydrogen-bond acceptors (Lipinski definition) is 4. The van der Waals surface area contributed by atoms with Crippen molar-refractivity contribution in [3.8, 4) is 11.4 Å². The molecule has 2 N–H and O–H groups in total. The summed E-state index contributed by atoms with van der Waals surface area (Å²) in [4.78, 5) is 30.9. The number of hydrogen-bond donors (Lipinski definition) is 2. The van der Waals surface area contributed by atoms with Gasteiger partial charge in [0, 0.05) is 18.4 Å². The summed E-state index contributed by atoms with van der Waals surface area (Å²) in [6.07, 6.45) is 0. The lowest BCUT2D eigenvalue weighted by atomic mass is 10.2. The van der Waals surface area contributed by atoms with E-state index in [4.69, 9.17) is 0 Å². The smallest absolute Gasteiger partial charge is 0.329 e. The molecule has 8 heteroatoms. The minimum absolute atomic E-state index is 0.105. The molecular weight excluding hydrogens is 310 g/mol. The highest BCUT2D eigenvalue weighted by Crippen LogP contribution is 2.28. The van der Waals surface area contributed by atoms with Gasteiger partial charge in [0.2, 0.25) is 5.78 Å². The normalized spacial score (nSPS) is 11.6. The molecule has 0 saturated carbocycles. The first-order valence-electron chi connectivity index (χ1n) is 7.39. The van der Waals surface area contributed by atoms with Crippen LogP contribution in [0.3, 0.4) is 0 Å². The number of nitrogens with one attached hydrogen (secondary N) is 1. The predicted octanol–water partition coefficient (Wildman–Crippen LogP) is 0.988. The van der Waals surface area contributed by atoms with Crippen LogP contribution in [0.4, 0.5) is 0 Å². The quantitative estimate of drug-likeness (QED) is 0.545. The molecule has 0 aliphatic carbocycles. The first-order chi connectivity index (χ1) is 11.4. The molecule has 4 rings (SSSR count). The van der Waals surface area contributed by atoms with E-state index in [0.717, 1.165) is 11.4 Å². The Labute approximate surface area is 135 Å². The first-order valence-corrected chi connectivity index (χ1v) is 7.39. The number of H-pyrrole nitrogens is 1. The molecule has 3 aromatic heterocycles. The average Bonchev–Trinajstić information content (AvgIpc) is 3.04. The van der Waals surface area contributed by atoms with Crippen molar-refractivity contribution in [3.05, 3.63) is 56.5 Å². The van der Waals surface area contributed by atoms with Crippen molar-refractivity contribution in [2.24, 2.45) is 7.05 Å². The topological polar surface area (TPSA) is 97.3 Å². The molecule has 0 amide bonds. The standard InChI is InChI=1S/C16H15N5O3/c1-8-9(2)21-12-13(19(3)16(24)18-14(12)23)17-15(21)20(8)10-6-4-5-7-11(10)22/h4-7,22H,1-3H3,(H,18,23,24). The van der Waals surface area contributed by atoms with E-state index in [1.165, 1.54) is 4.57 Å².